The summed E-state index contributed by atoms with van der Waals surface area (Å²) in [6.07, 6.45) is -0.848. The summed E-state index contributed by atoms with van der Waals surface area (Å²) in [5, 5.41) is 2.60. The van der Waals surface area contributed by atoms with Crippen molar-refractivity contribution in [2.24, 2.45) is 0 Å². The summed E-state index contributed by atoms with van der Waals surface area (Å²) in [7, 11) is -0.733. The van der Waals surface area contributed by atoms with E-state index in [-0.39, 0.29) is 4.90 Å². The van der Waals surface area contributed by atoms with Gasteiger partial charge in [0.1, 0.15) is 11.6 Å². The number of nitrogens with one attached hydrogen (secondary N) is 1. The minimum atomic E-state index is -3.59. The lowest BCUT2D eigenvalue weighted by Crippen LogP contribution is -2.30. The summed E-state index contributed by atoms with van der Waals surface area (Å²) in [5.41, 5.74) is 0.336. The lowest BCUT2D eigenvalue weighted by Gasteiger charge is -2.16. The molecule has 0 unspecified atom stereocenters. The van der Waals surface area contributed by atoms with E-state index in [4.69, 9.17) is 4.74 Å². The van der Waals surface area contributed by atoms with Gasteiger partial charge in [0.05, 0.1) is 4.90 Å². The highest BCUT2D eigenvalue weighted by molar-refractivity contribution is 7.89. The minimum Gasteiger partial charge on any atom is -0.481 e. The molecule has 0 spiro atoms. The lowest BCUT2D eigenvalue weighted by atomic mass is 10.3. The number of nitrogens with zero attached hydrogens (tertiary/aromatic N) is 1. The van der Waals surface area contributed by atoms with Crippen LogP contribution in [0.25, 0.3) is 0 Å². The summed E-state index contributed by atoms with van der Waals surface area (Å²) in [4.78, 5) is 12.3. The SMILES string of the molecule is C[C@@H](Oc1ccc(F)cc1)C(=O)Nc1cccc(S(=O)(=O)N(C)C)c1. The summed E-state index contributed by atoms with van der Waals surface area (Å²) < 4.78 is 43.7. The van der Waals surface area contributed by atoms with Crippen LogP contribution in [0.1, 0.15) is 6.92 Å². The van der Waals surface area contributed by atoms with Gasteiger partial charge in [-0.2, -0.15) is 0 Å². The molecule has 8 heteroatoms. The molecule has 0 fully saturated rings. The summed E-state index contributed by atoms with van der Waals surface area (Å²) in [6.45, 7) is 1.54. The van der Waals surface area contributed by atoms with Crippen molar-refractivity contribution >= 4 is 21.6 Å². The van der Waals surface area contributed by atoms with Gasteiger partial charge in [-0.1, -0.05) is 6.07 Å². The third-order valence-corrected chi connectivity index (χ3v) is 5.19. The maximum atomic E-state index is 12.9. The van der Waals surface area contributed by atoms with Crippen LogP contribution in [0.2, 0.25) is 0 Å². The van der Waals surface area contributed by atoms with Gasteiger partial charge in [-0.05, 0) is 49.4 Å². The average Bonchev–Trinajstić information content (AvgIpc) is 2.57. The Morgan fingerprint density at radius 1 is 1.16 bits per heavy atom. The second kappa shape index (κ2) is 7.62. The number of benzene rings is 2. The average molecular weight is 366 g/mol. The van der Waals surface area contributed by atoms with E-state index in [1.807, 2.05) is 0 Å². The van der Waals surface area contributed by atoms with Crippen molar-refractivity contribution in [3.63, 3.8) is 0 Å². The highest BCUT2D eigenvalue weighted by Crippen LogP contribution is 2.19. The Balaban J connectivity index is 2.08. The number of rotatable bonds is 6. The molecule has 2 aromatic rings. The molecule has 6 nitrogen and oxygen atoms in total. The first-order chi connectivity index (χ1) is 11.7. The largest absolute Gasteiger partial charge is 0.481 e. The molecule has 25 heavy (non-hydrogen) atoms. The number of anilines is 1. The number of hydrogen-bond acceptors (Lipinski definition) is 4. The van der Waals surface area contributed by atoms with E-state index in [0.717, 1.165) is 4.31 Å². The number of amides is 1. The van der Waals surface area contributed by atoms with Crippen LogP contribution in [0, 0.1) is 5.82 Å². The smallest absolute Gasteiger partial charge is 0.265 e. The molecule has 2 rings (SSSR count). The minimum absolute atomic E-state index is 0.0717. The van der Waals surface area contributed by atoms with Crippen molar-refractivity contribution in [1.29, 1.82) is 0 Å². The molecule has 1 amide bonds. The zero-order valence-corrected chi connectivity index (χ0v) is 14.9. The van der Waals surface area contributed by atoms with Gasteiger partial charge in [0.25, 0.3) is 5.91 Å². The first-order valence-corrected chi connectivity index (χ1v) is 8.90. The second-order valence-electron chi connectivity index (χ2n) is 5.52. The molecule has 0 aliphatic rings. The van der Waals surface area contributed by atoms with Gasteiger partial charge in [-0.3, -0.25) is 4.79 Å². The van der Waals surface area contributed by atoms with Crippen LogP contribution in [-0.2, 0) is 14.8 Å². The Labute approximate surface area is 146 Å². The van der Waals surface area contributed by atoms with Crippen molar-refractivity contribution in [2.45, 2.75) is 17.9 Å². The molecule has 2 aromatic carbocycles. The normalized spacial score (nSPS) is 12.7. The van der Waals surface area contributed by atoms with Gasteiger partial charge in [0.2, 0.25) is 10.0 Å². The number of carbonyl (C=O) groups is 1. The van der Waals surface area contributed by atoms with Crippen LogP contribution in [0.4, 0.5) is 10.1 Å². The molecule has 0 saturated heterocycles. The van der Waals surface area contributed by atoms with Crippen LogP contribution < -0.4 is 10.1 Å². The van der Waals surface area contributed by atoms with Crippen LogP contribution in [0.5, 0.6) is 5.75 Å². The predicted molar refractivity (Wildman–Crippen MR) is 92.4 cm³/mol. The molecule has 0 aliphatic carbocycles. The molecule has 0 saturated carbocycles. The van der Waals surface area contributed by atoms with Crippen LogP contribution in [0.3, 0.4) is 0 Å². The first kappa shape index (κ1) is 18.9. The molecular formula is C17H19FN2O4S. The van der Waals surface area contributed by atoms with Gasteiger partial charge in [-0.25, -0.2) is 17.1 Å². The van der Waals surface area contributed by atoms with E-state index in [1.54, 1.807) is 13.0 Å². The fraction of sp³-hybridized carbons (Fsp3) is 0.235. The molecule has 1 N–H and O–H groups in total. The standard InChI is InChI=1S/C17H19FN2O4S/c1-12(24-15-9-7-13(18)8-10-15)17(21)19-14-5-4-6-16(11-14)25(22,23)20(2)3/h4-12H,1-3H3,(H,19,21)/t12-/m1/s1. The second-order valence-corrected chi connectivity index (χ2v) is 7.67. The number of carbonyl (C=O) groups excluding carboxylic acids is 1. The number of sulfonamides is 1. The molecule has 0 bridgehead atoms. The third kappa shape index (κ3) is 4.77. The molecule has 1 atom stereocenters. The van der Waals surface area contributed by atoms with Gasteiger partial charge >= 0.3 is 0 Å². The van der Waals surface area contributed by atoms with E-state index in [2.05, 4.69) is 5.32 Å². The Hall–Kier alpha value is -2.45. The van der Waals surface area contributed by atoms with Crippen molar-refractivity contribution in [3.8, 4) is 5.75 Å². The summed E-state index contributed by atoms with van der Waals surface area (Å²) >= 11 is 0. The molecule has 134 valence electrons. The van der Waals surface area contributed by atoms with E-state index >= 15 is 0 Å². The maximum Gasteiger partial charge on any atom is 0.265 e. The number of hydrogen-bond donors (Lipinski definition) is 1. The molecular weight excluding hydrogens is 347 g/mol. The Bertz CT molecular complexity index is 851. The summed E-state index contributed by atoms with van der Waals surface area (Å²) in [6, 6.07) is 11.2. The third-order valence-electron chi connectivity index (χ3n) is 3.38. The zero-order valence-electron chi connectivity index (χ0n) is 14.1. The number of ether oxygens (including phenoxy) is 1. The first-order valence-electron chi connectivity index (χ1n) is 7.46. The monoisotopic (exact) mass is 366 g/mol. The van der Waals surface area contributed by atoms with E-state index in [1.165, 1.54) is 56.6 Å². The highest BCUT2D eigenvalue weighted by atomic mass is 32.2. The molecule has 0 aliphatic heterocycles. The molecule has 0 radical (unpaired) electrons. The van der Waals surface area contributed by atoms with Gasteiger partial charge in [0, 0.05) is 19.8 Å². The van der Waals surface area contributed by atoms with E-state index in [0.29, 0.717) is 11.4 Å². The van der Waals surface area contributed by atoms with Crippen molar-refractivity contribution in [3.05, 3.63) is 54.3 Å². The summed E-state index contributed by atoms with van der Waals surface area (Å²) in [5.74, 6) is -0.500. The predicted octanol–water partition coefficient (Wildman–Crippen LogP) is 2.48. The van der Waals surface area contributed by atoms with Crippen LogP contribution in [-0.4, -0.2) is 38.8 Å². The van der Waals surface area contributed by atoms with Crippen LogP contribution in [0.15, 0.2) is 53.4 Å². The Morgan fingerprint density at radius 2 is 1.80 bits per heavy atom. The van der Waals surface area contributed by atoms with E-state index < -0.39 is 27.9 Å². The van der Waals surface area contributed by atoms with Gasteiger partial charge < -0.3 is 10.1 Å². The van der Waals surface area contributed by atoms with Crippen LogP contribution >= 0.6 is 0 Å². The Kier molecular flexibility index (Phi) is 5.76. The fourth-order valence-electron chi connectivity index (χ4n) is 1.96. The maximum absolute atomic E-state index is 12.9. The van der Waals surface area contributed by atoms with Crippen molar-refractivity contribution in [1.82, 2.24) is 4.31 Å². The van der Waals surface area contributed by atoms with E-state index in [9.17, 15) is 17.6 Å². The molecule has 0 aromatic heterocycles. The van der Waals surface area contributed by atoms with Gasteiger partial charge in [-0.15, -0.1) is 0 Å². The fourth-order valence-corrected chi connectivity index (χ4v) is 2.91. The molecule has 0 heterocycles. The quantitative estimate of drug-likeness (QED) is 0.852. The lowest BCUT2D eigenvalue weighted by molar-refractivity contribution is -0.122. The van der Waals surface area contributed by atoms with Crippen molar-refractivity contribution < 1.29 is 22.3 Å². The van der Waals surface area contributed by atoms with Crippen molar-refractivity contribution in [2.75, 3.05) is 19.4 Å². The number of halogens is 1. The Morgan fingerprint density at radius 3 is 2.40 bits per heavy atom. The topological polar surface area (TPSA) is 75.7 Å². The highest BCUT2D eigenvalue weighted by Gasteiger charge is 2.19. The zero-order chi connectivity index (χ0) is 18.6. The van der Waals surface area contributed by atoms with Gasteiger partial charge in [0.15, 0.2) is 6.10 Å².